The Balaban J connectivity index is 2.78. The van der Waals surface area contributed by atoms with E-state index in [1.165, 1.54) is 6.20 Å². The minimum Gasteiger partial charge on any atom is -0.332 e. The van der Waals surface area contributed by atoms with Gasteiger partial charge in [0.15, 0.2) is 0 Å². The van der Waals surface area contributed by atoms with Crippen molar-refractivity contribution < 1.29 is 4.79 Å². The molecule has 1 N–H and O–H groups in total. The maximum Gasteiger partial charge on any atom is 0.227 e. The van der Waals surface area contributed by atoms with E-state index in [4.69, 9.17) is 5.26 Å². The highest BCUT2D eigenvalue weighted by Crippen LogP contribution is 1.99. The molecule has 0 unspecified atom stereocenters. The fourth-order valence-electron chi connectivity index (χ4n) is 0.637. The molecule has 3 heteroatoms. The molecule has 0 radical (unpaired) electrons. The molecule has 0 fully saturated rings. The van der Waals surface area contributed by atoms with E-state index in [0.29, 0.717) is 5.57 Å². The Labute approximate surface area is 58.6 Å². The second-order valence-electron chi connectivity index (χ2n) is 1.88. The van der Waals surface area contributed by atoms with Crippen molar-refractivity contribution in [2.45, 2.75) is 6.42 Å². The van der Waals surface area contributed by atoms with E-state index in [-0.39, 0.29) is 12.3 Å². The number of hydrogen-bond donors (Lipinski definition) is 1. The molecule has 1 rings (SSSR count). The Kier molecular flexibility index (Phi) is 1.86. The molecule has 0 saturated heterocycles. The third-order valence-corrected chi connectivity index (χ3v) is 1.14. The van der Waals surface area contributed by atoms with E-state index in [0.717, 1.165) is 0 Å². The van der Waals surface area contributed by atoms with Crippen LogP contribution in [0.15, 0.2) is 23.9 Å². The number of nitrogens with zero attached hydrogens (tertiary/aromatic N) is 1. The molecule has 3 nitrogen and oxygen atoms in total. The van der Waals surface area contributed by atoms with E-state index in [1.54, 1.807) is 12.2 Å². The zero-order chi connectivity index (χ0) is 7.40. The lowest BCUT2D eigenvalue weighted by Gasteiger charge is -1.88. The van der Waals surface area contributed by atoms with Gasteiger partial charge in [-0.1, -0.05) is 6.08 Å². The molecular formula is C7H6N2O. The molecule has 0 aromatic rings. The number of nitrogens with one attached hydrogen (secondary N) is 1. The van der Waals surface area contributed by atoms with Gasteiger partial charge in [-0.2, -0.15) is 5.26 Å². The van der Waals surface area contributed by atoms with Gasteiger partial charge in [0.25, 0.3) is 0 Å². The topological polar surface area (TPSA) is 52.9 Å². The number of allylic oxidation sites excluding steroid dienone is 2. The summed E-state index contributed by atoms with van der Waals surface area (Å²) in [5.74, 6) is -0.0819. The fraction of sp³-hybridized carbons (Fsp3) is 0.143. The van der Waals surface area contributed by atoms with Gasteiger partial charge in [0.05, 0.1) is 6.07 Å². The van der Waals surface area contributed by atoms with Crippen molar-refractivity contribution in [2.75, 3.05) is 0 Å². The summed E-state index contributed by atoms with van der Waals surface area (Å²) in [7, 11) is 0. The lowest BCUT2D eigenvalue weighted by molar-refractivity contribution is -0.119. The van der Waals surface area contributed by atoms with E-state index >= 15 is 0 Å². The second-order valence-corrected chi connectivity index (χ2v) is 1.88. The number of carbonyl (C=O) groups excluding carboxylic acids is 1. The molecular weight excluding hydrogens is 128 g/mol. The Bertz CT molecular complexity index is 245. The van der Waals surface area contributed by atoms with Gasteiger partial charge in [-0.05, 0) is 6.08 Å². The van der Waals surface area contributed by atoms with Crippen LogP contribution in [-0.4, -0.2) is 5.91 Å². The summed E-state index contributed by atoms with van der Waals surface area (Å²) in [6, 6.07) is 1.95. The first kappa shape index (κ1) is 6.56. The van der Waals surface area contributed by atoms with Crippen LogP contribution >= 0.6 is 0 Å². The molecule has 1 heterocycles. The molecule has 1 amide bonds. The van der Waals surface area contributed by atoms with Crippen LogP contribution in [0.3, 0.4) is 0 Å². The third kappa shape index (κ3) is 1.46. The first-order chi connectivity index (χ1) is 4.83. The summed E-state index contributed by atoms with van der Waals surface area (Å²) in [6.45, 7) is 0. The minimum absolute atomic E-state index is 0.0819. The van der Waals surface area contributed by atoms with Crippen molar-refractivity contribution in [1.29, 1.82) is 5.26 Å². The van der Waals surface area contributed by atoms with E-state index in [1.807, 2.05) is 6.07 Å². The minimum atomic E-state index is -0.0819. The number of nitriles is 1. The monoisotopic (exact) mass is 134 g/mol. The molecule has 0 bridgehead atoms. The highest BCUT2D eigenvalue weighted by Gasteiger charge is 1.99. The van der Waals surface area contributed by atoms with Crippen molar-refractivity contribution in [2.24, 2.45) is 0 Å². The highest BCUT2D eigenvalue weighted by atomic mass is 16.1. The summed E-state index contributed by atoms with van der Waals surface area (Å²) in [6.07, 6.45) is 4.93. The predicted molar refractivity (Wildman–Crippen MR) is 35.6 cm³/mol. The number of carbonyl (C=O) groups is 1. The van der Waals surface area contributed by atoms with E-state index < -0.39 is 0 Å². The molecule has 0 saturated carbocycles. The van der Waals surface area contributed by atoms with Crippen molar-refractivity contribution in [3.63, 3.8) is 0 Å². The first-order valence-electron chi connectivity index (χ1n) is 2.89. The van der Waals surface area contributed by atoms with Crippen molar-refractivity contribution in [1.82, 2.24) is 5.32 Å². The average molecular weight is 134 g/mol. The number of rotatable bonds is 0. The predicted octanol–water partition coefficient (Wildman–Crippen LogP) is 0.470. The standard InChI is InChI=1S/C7H6N2O/c8-5-6-1-2-7(10)9-4-3-6/h1,3-4H,2H2,(H,9,10). The molecule has 0 aliphatic carbocycles. The largest absolute Gasteiger partial charge is 0.332 e. The summed E-state index contributed by atoms with van der Waals surface area (Å²) in [5.41, 5.74) is 0.526. The lowest BCUT2D eigenvalue weighted by atomic mass is 10.2. The zero-order valence-electron chi connectivity index (χ0n) is 5.29. The van der Waals surface area contributed by atoms with Crippen LogP contribution in [0, 0.1) is 11.3 Å². The van der Waals surface area contributed by atoms with Gasteiger partial charge >= 0.3 is 0 Å². The maximum atomic E-state index is 10.6. The maximum absolute atomic E-state index is 10.6. The van der Waals surface area contributed by atoms with E-state index in [9.17, 15) is 4.79 Å². The van der Waals surface area contributed by atoms with Crippen molar-refractivity contribution in [3.05, 3.63) is 23.9 Å². The molecule has 50 valence electrons. The third-order valence-electron chi connectivity index (χ3n) is 1.14. The quantitative estimate of drug-likeness (QED) is 0.523. The summed E-state index contributed by atoms with van der Waals surface area (Å²) in [5, 5.41) is 10.9. The summed E-state index contributed by atoms with van der Waals surface area (Å²) < 4.78 is 0. The molecule has 0 atom stereocenters. The smallest absolute Gasteiger partial charge is 0.227 e. The van der Waals surface area contributed by atoms with Crippen molar-refractivity contribution >= 4 is 5.91 Å². The van der Waals surface area contributed by atoms with Gasteiger partial charge in [0, 0.05) is 18.2 Å². The lowest BCUT2D eigenvalue weighted by Crippen LogP contribution is -2.13. The van der Waals surface area contributed by atoms with Crippen LogP contribution in [-0.2, 0) is 4.79 Å². The van der Waals surface area contributed by atoms with Crippen LogP contribution in [0.4, 0.5) is 0 Å². The normalized spacial score (nSPS) is 16.7. The van der Waals surface area contributed by atoms with Crippen molar-refractivity contribution in [3.8, 4) is 6.07 Å². The van der Waals surface area contributed by atoms with Gasteiger partial charge in [-0.15, -0.1) is 0 Å². The van der Waals surface area contributed by atoms with E-state index in [2.05, 4.69) is 5.32 Å². The van der Waals surface area contributed by atoms with Crippen LogP contribution in [0.2, 0.25) is 0 Å². The Morgan fingerprint density at radius 3 is 3.20 bits per heavy atom. The van der Waals surface area contributed by atoms with Crippen LogP contribution in [0.25, 0.3) is 0 Å². The molecule has 0 aromatic carbocycles. The fourth-order valence-corrected chi connectivity index (χ4v) is 0.637. The number of amides is 1. The zero-order valence-corrected chi connectivity index (χ0v) is 5.29. The summed E-state index contributed by atoms with van der Waals surface area (Å²) >= 11 is 0. The van der Waals surface area contributed by atoms with Gasteiger partial charge in [-0.3, -0.25) is 4.79 Å². The first-order valence-corrected chi connectivity index (χ1v) is 2.89. The summed E-state index contributed by atoms with van der Waals surface area (Å²) in [4.78, 5) is 10.6. The SMILES string of the molecule is N#CC1=CCC(=O)NC=C1. The van der Waals surface area contributed by atoms with Crippen LogP contribution in [0.5, 0.6) is 0 Å². The molecule has 0 aromatic heterocycles. The Morgan fingerprint density at radius 2 is 2.50 bits per heavy atom. The molecule has 10 heavy (non-hydrogen) atoms. The van der Waals surface area contributed by atoms with Crippen LogP contribution in [0.1, 0.15) is 6.42 Å². The molecule has 0 spiro atoms. The Morgan fingerprint density at radius 1 is 1.70 bits per heavy atom. The van der Waals surface area contributed by atoms with Crippen LogP contribution < -0.4 is 5.32 Å². The molecule has 1 aliphatic rings. The highest BCUT2D eigenvalue weighted by molar-refractivity contribution is 5.79. The van der Waals surface area contributed by atoms with Gasteiger partial charge < -0.3 is 5.32 Å². The Hall–Kier alpha value is -1.56. The second kappa shape index (κ2) is 2.83. The average Bonchev–Trinajstić information content (AvgIpc) is 2.14. The van der Waals surface area contributed by atoms with Gasteiger partial charge in [-0.25, -0.2) is 0 Å². The molecule has 1 aliphatic heterocycles. The number of hydrogen-bond acceptors (Lipinski definition) is 2. The van der Waals surface area contributed by atoms with Gasteiger partial charge in [0.1, 0.15) is 0 Å². The van der Waals surface area contributed by atoms with Gasteiger partial charge in [0.2, 0.25) is 5.91 Å².